The van der Waals surface area contributed by atoms with Gasteiger partial charge in [-0.2, -0.15) is 0 Å². The van der Waals surface area contributed by atoms with E-state index in [2.05, 4.69) is 0 Å². The van der Waals surface area contributed by atoms with Crippen LogP contribution in [0.5, 0.6) is 0 Å². The molecule has 23 heavy (non-hydrogen) atoms. The zero-order chi connectivity index (χ0) is 16.8. The number of aliphatic hydroxyl groups is 4. The van der Waals surface area contributed by atoms with Gasteiger partial charge >= 0.3 is 0 Å². The standard InChI is InChI=1S/C18H19NO4/c19-17(8-18(23)12-4-2-1-3-5-12)13-6-14(9-20)16(11-22)15(7-13)10-21/h1-8,19-23H,9-11H2/b18-8-,19-17?. The molecule has 0 atom stereocenters. The van der Waals surface area contributed by atoms with Crippen LogP contribution in [0, 0.1) is 5.41 Å². The van der Waals surface area contributed by atoms with Crippen molar-refractivity contribution in [3.63, 3.8) is 0 Å². The van der Waals surface area contributed by atoms with E-state index in [0.29, 0.717) is 27.8 Å². The van der Waals surface area contributed by atoms with Crippen molar-refractivity contribution < 1.29 is 20.4 Å². The van der Waals surface area contributed by atoms with Gasteiger partial charge in [0.2, 0.25) is 0 Å². The average molecular weight is 313 g/mol. The van der Waals surface area contributed by atoms with Crippen molar-refractivity contribution in [1.82, 2.24) is 0 Å². The van der Waals surface area contributed by atoms with Gasteiger partial charge in [0.05, 0.1) is 25.5 Å². The molecular formula is C18H19NO4. The van der Waals surface area contributed by atoms with Gasteiger partial charge in [-0.25, -0.2) is 0 Å². The molecule has 0 aliphatic carbocycles. The number of allylic oxidation sites excluding steroid dienone is 1. The molecule has 5 nitrogen and oxygen atoms in total. The Kier molecular flexibility index (Phi) is 5.65. The van der Waals surface area contributed by atoms with Crippen molar-refractivity contribution in [2.45, 2.75) is 19.8 Å². The Balaban J connectivity index is 2.40. The van der Waals surface area contributed by atoms with Gasteiger partial charge in [-0.3, -0.25) is 0 Å². The highest BCUT2D eigenvalue weighted by Gasteiger charge is 2.12. The van der Waals surface area contributed by atoms with Crippen molar-refractivity contribution in [1.29, 1.82) is 5.41 Å². The van der Waals surface area contributed by atoms with Crippen molar-refractivity contribution in [3.8, 4) is 0 Å². The summed E-state index contributed by atoms with van der Waals surface area (Å²) in [6, 6.07) is 12.0. The third-order valence-corrected chi connectivity index (χ3v) is 3.60. The highest BCUT2D eigenvalue weighted by molar-refractivity contribution is 6.09. The molecular weight excluding hydrogens is 294 g/mol. The van der Waals surface area contributed by atoms with Gasteiger partial charge < -0.3 is 25.8 Å². The molecule has 0 unspecified atom stereocenters. The molecule has 120 valence electrons. The van der Waals surface area contributed by atoms with E-state index >= 15 is 0 Å². The summed E-state index contributed by atoms with van der Waals surface area (Å²) in [4.78, 5) is 0. The van der Waals surface area contributed by atoms with E-state index in [1.54, 1.807) is 36.4 Å². The summed E-state index contributed by atoms with van der Waals surface area (Å²) in [5.74, 6) is -0.0436. The molecule has 5 heteroatoms. The molecule has 0 aliphatic rings. The lowest BCUT2D eigenvalue weighted by atomic mass is 9.96. The molecule has 0 saturated carbocycles. The Labute approximate surface area is 134 Å². The van der Waals surface area contributed by atoms with Gasteiger partial charge in [-0.1, -0.05) is 30.3 Å². The third kappa shape index (κ3) is 3.84. The summed E-state index contributed by atoms with van der Waals surface area (Å²) in [7, 11) is 0. The number of nitrogens with one attached hydrogen (secondary N) is 1. The fourth-order valence-corrected chi connectivity index (χ4v) is 2.35. The number of hydrogen-bond acceptors (Lipinski definition) is 5. The number of aliphatic hydroxyl groups excluding tert-OH is 4. The van der Waals surface area contributed by atoms with Crippen molar-refractivity contribution in [3.05, 3.63) is 76.4 Å². The highest BCUT2D eigenvalue weighted by Crippen LogP contribution is 2.20. The van der Waals surface area contributed by atoms with Gasteiger partial charge in [-0.15, -0.1) is 0 Å². The molecule has 0 radical (unpaired) electrons. The zero-order valence-corrected chi connectivity index (χ0v) is 12.5. The third-order valence-electron chi connectivity index (χ3n) is 3.60. The highest BCUT2D eigenvalue weighted by atomic mass is 16.3. The molecule has 5 N–H and O–H groups in total. The first-order valence-electron chi connectivity index (χ1n) is 7.13. The van der Waals surface area contributed by atoms with Crippen LogP contribution in [0.25, 0.3) is 5.76 Å². The second-order valence-electron chi connectivity index (χ2n) is 5.06. The maximum Gasteiger partial charge on any atom is 0.124 e. The number of rotatable bonds is 6. The predicted octanol–water partition coefficient (Wildman–Crippen LogP) is 2.13. The number of hydrogen-bond donors (Lipinski definition) is 5. The van der Waals surface area contributed by atoms with Crippen LogP contribution >= 0.6 is 0 Å². The summed E-state index contributed by atoms with van der Waals surface area (Å²) in [5, 5.41) is 46.4. The topological polar surface area (TPSA) is 105 Å². The van der Waals surface area contributed by atoms with E-state index in [4.69, 9.17) is 5.41 Å². The lowest BCUT2D eigenvalue weighted by molar-refractivity contribution is 0.247. The lowest BCUT2D eigenvalue weighted by Crippen LogP contribution is -2.06. The molecule has 2 aromatic rings. The smallest absolute Gasteiger partial charge is 0.124 e. The summed E-state index contributed by atoms with van der Waals surface area (Å²) in [6.45, 7) is -0.915. The van der Waals surface area contributed by atoms with Crippen LogP contribution in [0.3, 0.4) is 0 Å². The first-order valence-corrected chi connectivity index (χ1v) is 7.13. The van der Waals surface area contributed by atoms with Crippen LogP contribution in [-0.2, 0) is 19.8 Å². The normalized spacial score (nSPS) is 11.5. The predicted molar refractivity (Wildman–Crippen MR) is 88.1 cm³/mol. The average Bonchev–Trinajstić information content (AvgIpc) is 2.60. The maximum atomic E-state index is 10.1. The summed E-state index contributed by atoms with van der Waals surface area (Å²) in [5.41, 5.74) is 2.44. The van der Waals surface area contributed by atoms with Gasteiger partial charge in [-0.05, 0) is 28.8 Å². The molecule has 0 fully saturated rings. The number of benzene rings is 2. The van der Waals surface area contributed by atoms with E-state index < -0.39 is 0 Å². The fourth-order valence-electron chi connectivity index (χ4n) is 2.35. The second kappa shape index (κ2) is 7.69. The molecule has 2 aromatic carbocycles. The molecule has 0 spiro atoms. The minimum Gasteiger partial charge on any atom is -0.507 e. The van der Waals surface area contributed by atoms with Crippen molar-refractivity contribution >= 4 is 11.5 Å². The van der Waals surface area contributed by atoms with Crippen molar-refractivity contribution in [2.24, 2.45) is 0 Å². The van der Waals surface area contributed by atoms with Crippen LogP contribution in [-0.4, -0.2) is 26.1 Å². The first-order chi connectivity index (χ1) is 11.1. The summed E-state index contributed by atoms with van der Waals surface area (Å²) < 4.78 is 0. The molecule has 0 heterocycles. The van der Waals surface area contributed by atoms with Crippen molar-refractivity contribution in [2.75, 3.05) is 0 Å². The van der Waals surface area contributed by atoms with E-state index in [9.17, 15) is 20.4 Å². The Morgan fingerprint density at radius 1 is 0.870 bits per heavy atom. The molecule has 0 bridgehead atoms. The van der Waals surface area contributed by atoms with E-state index in [-0.39, 0.29) is 31.3 Å². The van der Waals surface area contributed by atoms with Gasteiger partial charge in [0.15, 0.2) is 0 Å². The van der Waals surface area contributed by atoms with E-state index in [1.807, 2.05) is 6.07 Å². The molecule has 0 amide bonds. The van der Waals surface area contributed by atoms with Crippen LogP contribution < -0.4 is 0 Å². The minimum atomic E-state index is -0.307. The molecule has 0 saturated heterocycles. The van der Waals surface area contributed by atoms with E-state index in [0.717, 1.165) is 0 Å². The van der Waals surface area contributed by atoms with Gasteiger partial charge in [0.25, 0.3) is 0 Å². The largest absolute Gasteiger partial charge is 0.507 e. The van der Waals surface area contributed by atoms with Gasteiger partial charge in [0.1, 0.15) is 5.76 Å². The summed E-state index contributed by atoms with van der Waals surface area (Å²) in [6.07, 6.45) is 1.31. The van der Waals surface area contributed by atoms with E-state index in [1.165, 1.54) is 6.08 Å². The van der Waals surface area contributed by atoms with Crippen LogP contribution in [0.1, 0.15) is 27.8 Å². The van der Waals surface area contributed by atoms with Gasteiger partial charge in [0, 0.05) is 17.2 Å². The monoisotopic (exact) mass is 313 g/mol. The fraction of sp³-hybridized carbons (Fsp3) is 0.167. The SMILES string of the molecule is N=C(/C=C(\O)c1ccccc1)c1cc(CO)c(CO)c(CO)c1. The lowest BCUT2D eigenvalue weighted by Gasteiger charge is -2.13. The second-order valence-corrected chi connectivity index (χ2v) is 5.06. The molecule has 0 aliphatic heterocycles. The molecule has 0 aromatic heterocycles. The summed E-state index contributed by atoms with van der Waals surface area (Å²) >= 11 is 0. The Morgan fingerprint density at radius 3 is 1.91 bits per heavy atom. The minimum absolute atomic E-state index is 0.0419. The quantitative estimate of drug-likeness (QED) is 0.416. The first kappa shape index (κ1) is 16.9. The zero-order valence-electron chi connectivity index (χ0n) is 12.5. The Bertz CT molecular complexity index is 698. The Morgan fingerprint density at radius 2 is 1.43 bits per heavy atom. The van der Waals surface area contributed by atoms with Crippen LogP contribution in [0.15, 0.2) is 48.5 Å². The van der Waals surface area contributed by atoms with Crippen LogP contribution in [0.4, 0.5) is 0 Å². The molecule has 2 rings (SSSR count). The van der Waals surface area contributed by atoms with Crippen LogP contribution in [0.2, 0.25) is 0 Å². The Hall–Kier alpha value is -2.47. The maximum absolute atomic E-state index is 10.1.